The quantitative estimate of drug-likeness (QED) is 0.734. The van der Waals surface area contributed by atoms with Gasteiger partial charge in [0.2, 0.25) is 0 Å². The highest BCUT2D eigenvalue weighted by Crippen LogP contribution is 2.12. The fourth-order valence-electron chi connectivity index (χ4n) is 2.04. The Balaban J connectivity index is 2.03. The molecule has 0 saturated carbocycles. The second-order valence-electron chi connectivity index (χ2n) is 3.90. The second-order valence-corrected chi connectivity index (χ2v) is 3.90. The Kier molecular flexibility index (Phi) is 2.36. The molecule has 0 aliphatic carbocycles. The molecule has 1 aromatic rings. The fourth-order valence-corrected chi connectivity index (χ4v) is 2.04. The van der Waals surface area contributed by atoms with Gasteiger partial charge >= 0.3 is 0 Å². The first-order valence-corrected chi connectivity index (χ1v) is 4.98. The van der Waals surface area contributed by atoms with Crippen molar-refractivity contribution in [2.45, 2.75) is 32.2 Å². The topological polar surface area (TPSA) is 29.9 Å². The molecule has 1 saturated heterocycles. The Morgan fingerprint density at radius 2 is 2.54 bits per heavy atom. The summed E-state index contributed by atoms with van der Waals surface area (Å²) in [6.45, 7) is 3.23. The van der Waals surface area contributed by atoms with E-state index in [1.807, 2.05) is 18.7 Å². The lowest BCUT2D eigenvalue weighted by Crippen LogP contribution is -2.24. The minimum Gasteiger partial charge on any atom is -0.314 e. The third-order valence-electron chi connectivity index (χ3n) is 2.72. The van der Waals surface area contributed by atoms with Crippen LogP contribution in [0.1, 0.15) is 24.2 Å². The molecular formula is C10H17N3. The molecular weight excluding hydrogens is 162 g/mol. The molecule has 3 nitrogen and oxygen atoms in total. The van der Waals surface area contributed by atoms with Crippen LogP contribution in [0.5, 0.6) is 0 Å². The summed E-state index contributed by atoms with van der Waals surface area (Å²) >= 11 is 0. The predicted molar refractivity (Wildman–Crippen MR) is 52.7 cm³/mol. The van der Waals surface area contributed by atoms with E-state index in [2.05, 4.69) is 16.5 Å². The number of aromatic nitrogens is 2. The van der Waals surface area contributed by atoms with Crippen LogP contribution >= 0.6 is 0 Å². The van der Waals surface area contributed by atoms with Gasteiger partial charge in [0.1, 0.15) is 0 Å². The summed E-state index contributed by atoms with van der Waals surface area (Å²) in [5.74, 6) is 0. The Hall–Kier alpha value is -0.830. The Morgan fingerprint density at radius 3 is 3.08 bits per heavy atom. The maximum Gasteiger partial charge on any atom is 0.0596 e. The van der Waals surface area contributed by atoms with Crippen molar-refractivity contribution < 1.29 is 0 Å². The van der Waals surface area contributed by atoms with Gasteiger partial charge in [-0.1, -0.05) is 0 Å². The van der Waals surface area contributed by atoms with Gasteiger partial charge in [-0.25, -0.2) is 0 Å². The molecule has 1 aliphatic rings. The molecule has 1 fully saturated rings. The normalized spacial score (nSPS) is 22.5. The monoisotopic (exact) mass is 179 g/mol. The van der Waals surface area contributed by atoms with E-state index in [0.717, 1.165) is 12.1 Å². The van der Waals surface area contributed by atoms with E-state index in [4.69, 9.17) is 0 Å². The summed E-state index contributed by atoms with van der Waals surface area (Å²) in [7, 11) is 2.03. The van der Waals surface area contributed by atoms with E-state index >= 15 is 0 Å². The lowest BCUT2D eigenvalue weighted by Gasteiger charge is -2.09. The lowest BCUT2D eigenvalue weighted by atomic mass is 10.1. The number of nitrogens with one attached hydrogen (secondary N) is 1. The van der Waals surface area contributed by atoms with E-state index in [-0.39, 0.29) is 0 Å². The number of rotatable bonds is 2. The van der Waals surface area contributed by atoms with Crippen LogP contribution in [0, 0.1) is 6.92 Å². The number of aryl methyl sites for hydroxylation is 2. The number of hydrogen-bond donors (Lipinski definition) is 1. The standard InChI is InChI=1S/C10H17N3/c1-8-6-10(13(2)12-8)7-9-4-3-5-11-9/h6,9,11H,3-5,7H2,1-2H3. The first-order chi connectivity index (χ1) is 6.25. The van der Waals surface area contributed by atoms with Crippen molar-refractivity contribution in [1.82, 2.24) is 15.1 Å². The molecule has 0 radical (unpaired) electrons. The van der Waals surface area contributed by atoms with Crippen molar-refractivity contribution in [1.29, 1.82) is 0 Å². The van der Waals surface area contributed by atoms with Gasteiger partial charge < -0.3 is 5.32 Å². The van der Waals surface area contributed by atoms with Crippen LogP contribution in [0.2, 0.25) is 0 Å². The number of hydrogen-bond acceptors (Lipinski definition) is 2. The first kappa shape index (κ1) is 8.75. The van der Waals surface area contributed by atoms with Crippen LogP contribution < -0.4 is 5.32 Å². The van der Waals surface area contributed by atoms with E-state index < -0.39 is 0 Å². The molecule has 13 heavy (non-hydrogen) atoms. The molecule has 1 aromatic heterocycles. The van der Waals surface area contributed by atoms with Gasteiger partial charge in [0.05, 0.1) is 5.69 Å². The average molecular weight is 179 g/mol. The molecule has 3 heteroatoms. The van der Waals surface area contributed by atoms with Crippen molar-refractivity contribution >= 4 is 0 Å². The van der Waals surface area contributed by atoms with E-state index in [1.54, 1.807) is 0 Å². The summed E-state index contributed by atoms with van der Waals surface area (Å²) in [6, 6.07) is 2.86. The van der Waals surface area contributed by atoms with Crippen molar-refractivity contribution in [2.24, 2.45) is 7.05 Å². The van der Waals surface area contributed by atoms with Gasteiger partial charge in [-0.3, -0.25) is 4.68 Å². The fraction of sp³-hybridized carbons (Fsp3) is 0.700. The zero-order chi connectivity index (χ0) is 9.26. The van der Waals surface area contributed by atoms with E-state index in [0.29, 0.717) is 6.04 Å². The minimum atomic E-state index is 0.676. The van der Waals surface area contributed by atoms with Crippen LogP contribution in [-0.4, -0.2) is 22.4 Å². The molecule has 1 N–H and O–H groups in total. The molecule has 0 aromatic carbocycles. The number of nitrogens with zero attached hydrogens (tertiary/aromatic N) is 2. The molecule has 2 rings (SSSR count). The van der Waals surface area contributed by atoms with Crippen molar-refractivity contribution in [2.75, 3.05) is 6.54 Å². The van der Waals surface area contributed by atoms with Gasteiger partial charge in [0.25, 0.3) is 0 Å². The summed E-state index contributed by atoms with van der Waals surface area (Å²) in [5.41, 5.74) is 2.47. The van der Waals surface area contributed by atoms with E-state index in [9.17, 15) is 0 Å². The summed E-state index contributed by atoms with van der Waals surface area (Å²) in [5, 5.41) is 7.84. The summed E-state index contributed by atoms with van der Waals surface area (Å²) < 4.78 is 2.00. The van der Waals surface area contributed by atoms with Crippen molar-refractivity contribution in [3.05, 3.63) is 17.5 Å². The molecule has 1 unspecified atom stereocenters. The third kappa shape index (κ3) is 1.91. The highest BCUT2D eigenvalue weighted by atomic mass is 15.3. The van der Waals surface area contributed by atoms with Gasteiger partial charge in [0, 0.05) is 25.2 Å². The molecule has 0 spiro atoms. The SMILES string of the molecule is Cc1cc(CC2CCCN2)n(C)n1. The average Bonchev–Trinajstić information content (AvgIpc) is 2.63. The van der Waals surface area contributed by atoms with Crippen molar-refractivity contribution in [3.8, 4) is 0 Å². The Bertz CT molecular complexity index is 284. The molecule has 0 amide bonds. The zero-order valence-electron chi connectivity index (χ0n) is 8.38. The predicted octanol–water partition coefficient (Wildman–Crippen LogP) is 1.02. The largest absolute Gasteiger partial charge is 0.314 e. The van der Waals surface area contributed by atoms with E-state index in [1.165, 1.54) is 25.1 Å². The van der Waals surface area contributed by atoms with Gasteiger partial charge in [0.15, 0.2) is 0 Å². The van der Waals surface area contributed by atoms with Gasteiger partial charge in [-0.2, -0.15) is 5.10 Å². The van der Waals surface area contributed by atoms with Crippen LogP contribution in [0.15, 0.2) is 6.07 Å². The van der Waals surface area contributed by atoms with Crippen LogP contribution in [0.3, 0.4) is 0 Å². The second kappa shape index (κ2) is 3.50. The lowest BCUT2D eigenvalue weighted by molar-refractivity contribution is 0.570. The highest BCUT2D eigenvalue weighted by Gasteiger charge is 2.16. The van der Waals surface area contributed by atoms with Gasteiger partial charge in [-0.05, 0) is 32.4 Å². The highest BCUT2D eigenvalue weighted by molar-refractivity contribution is 5.10. The molecule has 2 heterocycles. The van der Waals surface area contributed by atoms with Gasteiger partial charge in [-0.15, -0.1) is 0 Å². The van der Waals surface area contributed by atoms with Crippen LogP contribution in [0.4, 0.5) is 0 Å². The maximum absolute atomic E-state index is 4.34. The molecule has 1 aliphatic heterocycles. The minimum absolute atomic E-state index is 0.676. The first-order valence-electron chi connectivity index (χ1n) is 4.98. The van der Waals surface area contributed by atoms with Crippen molar-refractivity contribution in [3.63, 3.8) is 0 Å². The third-order valence-corrected chi connectivity index (χ3v) is 2.72. The summed E-state index contributed by atoms with van der Waals surface area (Å²) in [4.78, 5) is 0. The molecule has 72 valence electrons. The Morgan fingerprint density at radius 1 is 1.69 bits per heavy atom. The maximum atomic E-state index is 4.34. The Labute approximate surface area is 79.1 Å². The smallest absolute Gasteiger partial charge is 0.0596 e. The van der Waals surface area contributed by atoms with Crippen LogP contribution in [0.25, 0.3) is 0 Å². The summed E-state index contributed by atoms with van der Waals surface area (Å²) in [6.07, 6.45) is 3.75. The molecule has 1 atom stereocenters. The zero-order valence-corrected chi connectivity index (χ0v) is 8.38. The molecule has 0 bridgehead atoms. The van der Waals surface area contributed by atoms with Crippen LogP contribution in [-0.2, 0) is 13.5 Å².